The first-order chi connectivity index (χ1) is 8.53. The van der Waals surface area contributed by atoms with Gasteiger partial charge in [0, 0.05) is 37.8 Å². The zero-order valence-corrected chi connectivity index (χ0v) is 12.6. The van der Waals surface area contributed by atoms with Crippen LogP contribution in [0.4, 0.5) is 0 Å². The van der Waals surface area contributed by atoms with E-state index in [1.807, 2.05) is 7.11 Å². The van der Waals surface area contributed by atoms with Crippen LogP contribution in [0.25, 0.3) is 0 Å². The molecule has 1 spiro atoms. The minimum Gasteiger partial charge on any atom is -0.380 e. The molecule has 0 bridgehead atoms. The van der Waals surface area contributed by atoms with E-state index in [-0.39, 0.29) is 5.54 Å². The van der Waals surface area contributed by atoms with Crippen molar-refractivity contribution in [3.05, 3.63) is 0 Å². The lowest BCUT2D eigenvalue weighted by atomic mass is 9.84. The number of hydrogen-bond acceptors (Lipinski definition) is 3. The molecule has 2 rings (SSSR count). The molecule has 106 valence electrons. The van der Waals surface area contributed by atoms with Gasteiger partial charge >= 0.3 is 0 Å². The molecule has 0 aromatic rings. The molecular formula is C15H30N2O. The molecule has 1 saturated heterocycles. The second-order valence-corrected chi connectivity index (χ2v) is 6.63. The van der Waals surface area contributed by atoms with Crippen molar-refractivity contribution in [1.29, 1.82) is 0 Å². The van der Waals surface area contributed by atoms with Crippen LogP contribution in [0.2, 0.25) is 0 Å². The van der Waals surface area contributed by atoms with Gasteiger partial charge in [-0.15, -0.1) is 0 Å². The van der Waals surface area contributed by atoms with Crippen molar-refractivity contribution >= 4 is 0 Å². The van der Waals surface area contributed by atoms with Crippen LogP contribution in [-0.2, 0) is 4.74 Å². The Bertz CT molecular complexity index is 276. The summed E-state index contributed by atoms with van der Waals surface area (Å²) in [5.74, 6) is 0. The standard InChI is InChI=1S/C15H30N2O/c1-5-14(3)12-17(10-13(2)18-4)15(11-16-14)8-6-7-9-15/h13,16H,5-12H2,1-4H3. The summed E-state index contributed by atoms with van der Waals surface area (Å²) in [6.45, 7) is 10.2. The van der Waals surface area contributed by atoms with E-state index in [9.17, 15) is 0 Å². The van der Waals surface area contributed by atoms with Crippen LogP contribution in [0.3, 0.4) is 0 Å². The average molecular weight is 254 g/mol. The van der Waals surface area contributed by atoms with E-state index in [0.29, 0.717) is 11.6 Å². The molecule has 2 unspecified atom stereocenters. The number of rotatable bonds is 4. The Labute approximate surface area is 112 Å². The number of methoxy groups -OCH3 is 1. The van der Waals surface area contributed by atoms with Gasteiger partial charge in [0.1, 0.15) is 0 Å². The smallest absolute Gasteiger partial charge is 0.0670 e. The first-order valence-electron chi connectivity index (χ1n) is 7.56. The molecule has 2 atom stereocenters. The Kier molecular flexibility index (Phi) is 4.35. The van der Waals surface area contributed by atoms with Gasteiger partial charge in [-0.2, -0.15) is 0 Å². The monoisotopic (exact) mass is 254 g/mol. The maximum Gasteiger partial charge on any atom is 0.0670 e. The number of ether oxygens (including phenoxy) is 1. The van der Waals surface area contributed by atoms with Crippen LogP contribution in [0.5, 0.6) is 0 Å². The summed E-state index contributed by atoms with van der Waals surface area (Å²) in [5, 5.41) is 3.82. The van der Waals surface area contributed by atoms with Crippen molar-refractivity contribution in [2.75, 3.05) is 26.7 Å². The molecule has 1 N–H and O–H groups in total. The molecule has 18 heavy (non-hydrogen) atoms. The van der Waals surface area contributed by atoms with Gasteiger partial charge in [0.2, 0.25) is 0 Å². The maximum absolute atomic E-state index is 5.50. The molecular weight excluding hydrogens is 224 g/mol. The van der Waals surface area contributed by atoms with Crippen molar-refractivity contribution < 1.29 is 4.74 Å². The van der Waals surface area contributed by atoms with Gasteiger partial charge in [-0.3, -0.25) is 4.90 Å². The quantitative estimate of drug-likeness (QED) is 0.834. The van der Waals surface area contributed by atoms with Gasteiger partial charge in [-0.1, -0.05) is 19.8 Å². The number of nitrogens with one attached hydrogen (secondary N) is 1. The molecule has 0 aromatic carbocycles. The Balaban J connectivity index is 2.10. The lowest BCUT2D eigenvalue weighted by molar-refractivity contribution is -0.0246. The van der Waals surface area contributed by atoms with Crippen LogP contribution in [0.1, 0.15) is 52.9 Å². The van der Waals surface area contributed by atoms with Crippen LogP contribution in [-0.4, -0.2) is 48.8 Å². The Hall–Kier alpha value is -0.120. The lowest BCUT2D eigenvalue weighted by Gasteiger charge is -2.53. The van der Waals surface area contributed by atoms with E-state index in [0.717, 1.165) is 19.6 Å². The van der Waals surface area contributed by atoms with Crippen LogP contribution >= 0.6 is 0 Å². The second kappa shape index (κ2) is 5.48. The van der Waals surface area contributed by atoms with Gasteiger partial charge in [0.05, 0.1) is 6.10 Å². The van der Waals surface area contributed by atoms with Crippen LogP contribution in [0, 0.1) is 0 Å². The fourth-order valence-corrected chi connectivity index (χ4v) is 3.54. The summed E-state index contributed by atoms with van der Waals surface area (Å²) < 4.78 is 5.50. The molecule has 0 amide bonds. The summed E-state index contributed by atoms with van der Waals surface area (Å²) in [6.07, 6.45) is 7.03. The number of nitrogens with zero attached hydrogens (tertiary/aromatic N) is 1. The van der Waals surface area contributed by atoms with Crippen molar-refractivity contribution in [2.24, 2.45) is 0 Å². The minimum absolute atomic E-state index is 0.279. The van der Waals surface area contributed by atoms with Crippen molar-refractivity contribution in [2.45, 2.75) is 70.1 Å². The van der Waals surface area contributed by atoms with E-state index in [2.05, 4.69) is 31.0 Å². The normalized spacial score (nSPS) is 34.0. The van der Waals surface area contributed by atoms with E-state index >= 15 is 0 Å². The van der Waals surface area contributed by atoms with E-state index in [1.54, 1.807) is 0 Å². The predicted molar refractivity (Wildman–Crippen MR) is 75.9 cm³/mol. The number of hydrogen-bond donors (Lipinski definition) is 1. The summed E-state index contributed by atoms with van der Waals surface area (Å²) in [6, 6.07) is 0. The zero-order chi connectivity index (χ0) is 13.2. The van der Waals surface area contributed by atoms with Gasteiger partial charge in [0.25, 0.3) is 0 Å². The summed E-state index contributed by atoms with van der Waals surface area (Å²) >= 11 is 0. The largest absolute Gasteiger partial charge is 0.380 e. The van der Waals surface area contributed by atoms with Crippen LogP contribution in [0.15, 0.2) is 0 Å². The van der Waals surface area contributed by atoms with E-state index in [4.69, 9.17) is 4.74 Å². The molecule has 0 radical (unpaired) electrons. The molecule has 3 heteroatoms. The average Bonchev–Trinajstić information content (AvgIpc) is 2.84. The zero-order valence-electron chi connectivity index (χ0n) is 12.6. The second-order valence-electron chi connectivity index (χ2n) is 6.63. The van der Waals surface area contributed by atoms with Gasteiger partial charge in [-0.05, 0) is 33.1 Å². The van der Waals surface area contributed by atoms with Crippen molar-refractivity contribution in [3.8, 4) is 0 Å². The van der Waals surface area contributed by atoms with Crippen LogP contribution < -0.4 is 5.32 Å². The minimum atomic E-state index is 0.279. The molecule has 1 saturated carbocycles. The molecule has 3 nitrogen and oxygen atoms in total. The summed E-state index contributed by atoms with van der Waals surface area (Å²) in [4.78, 5) is 2.73. The fourth-order valence-electron chi connectivity index (χ4n) is 3.54. The fraction of sp³-hybridized carbons (Fsp3) is 1.00. The van der Waals surface area contributed by atoms with Crippen molar-refractivity contribution in [3.63, 3.8) is 0 Å². The maximum atomic E-state index is 5.50. The van der Waals surface area contributed by atoms with Gasteiger partial charge in [-0.25, -0.2) is 0 Å². The van der Waals surface area contributed by atoms with Gasteiger partial charge in [0.15, 0.2) is 0 Å². The number of piperazine rings is 1. The first kappa shape index (κ1) is 14.3. The molecule has 1 aliphatic heterocycles. The van der Waals surface area contributed by atoms with Crippen molar-refractivity contribution in [1.82, 2.24) is 10.2 Å². The van der Waals surface area contributed by atoms with E-state index < -0.39 is 0 Å². The Morgan fingerprint density at radius 1 is 1.33 bits per heavy atom. The highest BCUT2D eigenvalue weighted by molar-refractivity contribution is 5.05. The lowest BCUT2D eigenvalue weighted by Crippen LogP contribution is -2.69. The highest BCUT2D eigenvalue weighted by Crippen LogP contribution is 2.39. The molecule has 2 fully saturated rings. The van der Waals surface area contributed by atoms with Gasteiger partial charge < -0.3 is 10.1 Å². The van der Waals surface area contributed by atoms with E-state index in [1.165, 1.54) is 32.1 Å². The third-order valence-electron chi connectivity index (χ3n) is 5.25. The third kappa shape index (κ3) is 2.73. The highest BCUT2D eigenvalue weighted by Gasteiger charge is 2.46. The molecule has 2 aliphatic rings. The first-order valence-corrected chi connectivity index (χ1v) is 7.56. The predicted octanol–water partition coefficient (Wildman–Crippen LogP) is 2.41. The molecule has 0 aromatic heterocycles. The molecule has 1 aliphatic carbocycles. The third-order valence-corrected chi connectivity index (χ3v) is 5.25. The summed E-state index contributed by atoms with van der Waals surface area (Å²) in [7, 11) is 1.83. The Morgan fingerprint density at radius 2 is 2.00 bits per heavy atom. The summed E-state index contributed by atoms with van der Waals surface area (Å²) in [5.41, 5.74) is 0.697. The Morgan fingerprint density at radius 3 is 2.56 bits per heavy atom. The molecule has 1 heterocycles. The highest BCUT2D eigenvalue weighted by atomic mass is 16.5. The SMILES string of the molecule is CCC1(C)CN(CC(C)OC)C2(CCCC2)CN1. The topological polar surface area (TPSA) is 24.5 Å².